The van der Waals surface area contributed by atoms with E-state index in [1.807, 2.05) is 18.2 Å². The Morgan fingerprint density at radius 2 is 1.95 bits per heavy atom. The molecule has 0 saturated heterocycles. The molecule has 1 amide bonds. The molecule has 1 atom stereocenters. The lowest BCUT2D eigenvalue weighted by atomic mass is 9.96. The van der Waals surface area contributed by atoms with E-state index in [4.69, 9.17) is 0 Å². The fourth-order valence-corrected chi connectivity index (χ4v) is 4.25. The van der Waals surface area contributed by atoms with Gasteiger partial charge in [-0.3, -0.25) is 4.79 Å². The molecular formula is C16H19NO3S. The number of hydrogen-bond acceptors (Lipinski definition) is 3. The Hall–Kier alpha value is -1.62. The van der Waals surface area contributed by atoms with Gasteiger partial charge in [0.15, 0.2) is 9.84 Å². The van der Waals surface area contributed by atoms with Gasteiger partial charge >= 0.3 is 0 Å². The van der Waals surface area contributed by atoms with Crippen LogP contribution < -0.4 is 5.32 Å². The fraction of sp³-hybridized carbons (Fsp3) is 0.438. The van der Waals surface area contributed by atoms with E-state index in [1.54, 1.807) is 6.08 Å². The molecule has 0 spiro atoms. The molecule has 1 aromatic rings. The Morgan fingerprint density at radius 3 is 2.52 bits per heavy atom. The number of carbonyl (C=O) groups is 1. The first-order chi connectivity index (χ1) is 9.99. The van der Waals surface area contributed by atoms with E-state index in [2.05, 4.69) is 17.4 Å². The number of sulfone groups is 1. The molecule has 5 heteroatoms. The second kappa shape index (κ2) is 5.30. The molecule has 0 radical (unpaired) electrons. The minimum Gasteiger partial charge on any atom is -0.355 e. The molecule has 1 saturated carbocycles. The number of allylic oxidation sites excluding steroid dienone is 1. The van der Waals surface area contributed by atoms with Crippen LogP contribution in [0.4, 0.5) is 0 Å². The zero-order valence-corrected chi connectivity index (χ0v) is 12.6. The topological polar surface area (TPSA) is 63.2 Å². The van der Waals surface area contributed by atoms with Gasteiger partial charge in [0.05, 0.1) is 5.75 Å². The van der Waals surface area contributed by atoms with Crippen LogP contribution in [-0.2, 0) is 20.0 Å². The SMILES string of the molecule is O=C(CC1C=CS(=O)(=O)C1)NCC1(c2ccccc2)CC1. The second-order valence-electron chi connectivity index (χ2n) is 6.05. The maximum atomic E-state index is 12.0. The zero-order chi connectivity index (χ0) is 14.9. The first-order valence-electron chi connectivity index (χ1n) is 7.22. The monoisotopic (exact) mass is 305 g/mol. The molecule has 1 aromatic carbocycles. The highest BCUT2D eigenvalue weighted by Crippen LogP contribution is 2.47. The standard InChI is InChI=1S/C16H19NO3S/c18-15(10-13-6-9-21(19,20)11-13)17-12-16(7-8-16)14-4-2-1-3-5-14/h1-6,9,13H,7-8,10-12H2,(H,17,18). The van der Waals surface area contributed by atoms with Crippen molar-refractivity contribution in [3.8, 4) is 0 Å². The van der Waals surface area contributed by atoms with E-state index >= 15 is 0 Å². The molecule has 3 rings (SSSR count). The first kappa shape index (κ1) is 14.3. The van der Waals surface area contributed by atoms with Crippen molar-refractivity contribution in [2.45, 2.75) is 24.7 Å². The van der Waals surface area contributed by atoms with E-state index in [0.29, 0.717) is 6.54 Å². The van der Waals surface area contributed by atoms with Crippen molar-refractivity contribution in [1.29, 1.82) is 0 Å². The van der Waals surface area contributed by atoms with Crippen molar-refractivity contribution in [2.75, 3.05) is 12.3 Å². The molecule has 1 heterocycles. The molecule has 1 aliphatic carbocycles. The Bertz CT molecular complexity index is 660. The number of rotatable bonds is 5. The van der Waals surface area contributed by atoms with Crippen LogP contribution in [0.5, 0.6) is 0 Å². The molecule has 1 N–H and O–H groups in total. The van der Waals surface area contributed by atoms with Crippen LogP contribution in [-0.4, -0.2) is 26.6 Å². The number of benzene rings is 1. The summed E-state index contributed by atoms with van der Waals surface area (Å²) in [6, 6.07) is 10.2. The zero-order valence-electron chi connectivity index (χ0n) is 11.8. The highest BCUT2D eigenvalue weighted by molar-refractivity contribution is 7.94. The molecule has 1 fully saturated rings. The van der Waals surface area contributed by atoms with Gasteiger partial charge in [0.2, 0.25) is 5.91 Å². The lowest BCUT2D eigenvalue weighted by molar-refractivity contribution is -0.121. The van der Waals surface area contributed by atoms with Gasteiger partial charge in [0.1, 0.15) is 0 Å². The molecule has 2 aliphatic rings. The quantitative estimate of drug-likeness (QED) is 0.902. The number of amides is 1. The summed E-state index contributed by atoms with van der Waals surface area (Å²) >= 11 is 0. The van der Waals surface area contributed by atoms with Crippen LogP contribution in [0.1, 0.15) is 24.8 Å². The largest absolute Gasteiger partial charge is 0.355 e. The predicted molar refractivity (Wildman–Crippen MR) is 81.4 cm³/mol. The molecule has 21 heavy (non-hydrogen) atoms. The average Bonchev–Trinajstić information content (AvgIpc) is 3.18. The molecule has 112 valence electrons. The number of carbonyl (C=O) groups excluding carboxylic acids is 1. The van der Waals surface area contributed by atoms with Crippen LogP contribution in [0.2, 0.25) is 0 Å². The van der Waals surface area contributed by atoms with Gasteiger partial charge in [-0.05, 0) is 18.4 Å². The minimum absolute atomic E-state index is 0.0598. The van der Waals surface area contributed by atoms with Gasteiger partial charge < -0.3 is 5.32 Å². The highest BCUT2D eigenvalue weighted by atomic mass is 32.2. The first-order valence-corrected chi connectivity index (χ1v) is 8.94. The van der Waals surface area contributed by atoms with Crippen molar-refractivity contribution in [1.82, 2.24) is 5.32 Å². The summed E-state index contributed by atoms with van der Waals surface area (Å²) in [5.41, 5.74) is 1.36. The highest BCUT2D eigenvalue weighted by Gasteiger charge is 2.44. The maximum absolute atomic E-state index is 12.0. The van der Waals surface area contributed by atoms with Crippen molar-refractivity contribution >= 4 is 15.7 Å². The second-order valence-corrected chi connectivity index (χ2v) is 7.98. The van der Waals surface area contributed by atoms with Crippen molar-refractivity contribution in [3.63, 3.8) is 0 Å². The van der Waals surface area contributed by atoms with Crippen LogP contribution in [0.15, 0.2) is 41.8 Å². The molecule has 0 aromatic heterocycles. The maximum Gasteiger partial charge on any atom is 0.220 e. The smallest absolute Gasteiger partial charge is 0.220 e. The van der Waals surface area contributed by atoms with E-state index in [1.165, 1.54) is 11.0 Å². The third kappa shape index (κ3) is 3.35. The van der Waals surface area contributed by atoms with Gasteiger partial charge in [0.25, 0.3) is 0 Å². The summed E-state index contributed by atoms with van der Waals surface area (Å²) in [5, 5.41) is 4.19. The van der Waals surface area contributed by atoms with Crippen LogP contribution in [0, 0.1) is 5.92 Å². The summed E-state index contributed by atoms with van der Waals surface area (Å²) in [6.45, 7) is 0.638. The summed E-state index contributed by atoms with van der Waals surface area (Å²) in [7, 11) is -3.08. The van der Waals surface area contributed by atoms with E-state index in [0.717, 1.165) is 12.8 Å². The average molecular weight is 305 g/mol. The van der Waals surface area contributed by atoms with Crippen LogP contribution >= 0.6 is 0 Å². The lowest BCUT2D eigenvalue weighted by Gasteiger charge is -2.17. The summed E-state index contributed by atoms with van der Waals surface area (Å²) in [6.07, 6.45) is 4.06. The molecule has 0 bridgehead atoms. The number of nitrogens with one attached hydrogen (secondary N) is 1. The molecule has 1 unspecified atom stereocenters. The summed E-state index contributed by atoms with van der Waals surface area (Å²) in [4.78, 5) is 12.0. The Balaban J connectivity index is 1.52. The molecular weight excluding hydrogens is 286 g/mol. The Kier molecular flexibility index (Phi) is 3.61. The summed E-state index contributed by atoms with van der Waals surface area (Å²) < 4.78 is 22.6. The van der Waals surface area contributed by atoms with Gasteiger partial charge in [-0.2, -0.15) is 0 Å². The van der Waals surface area contributed by atoms with Crippen LogP contribution in [0.3, 0.4) is 0 Å². The van der Waals surface area contributed by atoms with Crippen molar-refractivity contribution in [3.05, 3.63) is 47.4 Å². The third-order valence-electron chi connectivity index (χ3n) is 4.32. The molecule has 4 nitrogen and oxygen atoms in total. The van der Waals surface area contributed by atoms with Gasteiger partial charge in [0, 0.05) is 29.7 Å². The van der Waals surface area contributed by atoms with E-state index in [9.17, 15) is 13.2 Å². The number of hydrogen-bond donors (Lipinski definition) is 1. The van der Waals surface area contributed by atoms with Gasteiger partial charge in [-0.25, -0.2) is 8.42 Å². The summed E-state index contributed by atoms with van der Waals surface area (Å²) in [5.74, 6) is -0.185. The van der Waals surface area contributed by atoms with Gasteiger partial charge in [-0.1, -0.05) is 36.4 Å². The fourth-order valence-electron chi connectivity index (χ4n) is 2.86. The molecule has 1 aliphatic heterocycles. The predicted octanol–water partition coefficient (Wildman–Crippen LogP) is 1.78. The van der Waals surface area contributed by atoms with Crippen LogP contribution in [0.25, 0.3) is 0 Å². The van der Waals surface area contributed by atoms with E-state index in [-0.39, 0.29) is 29.4 Å². The van der Waals surface area contributed by atoms with Gasteiger partial charge in [-0.15, -0.1) is 0 Å². The van der Waals surface area contributed by atoms with Crippen molar-refractivity contribution in [2.24, 2.45) is 5.92 Å². The van der Waals surface area contributed by atoms with Crippen molar-refractivity contribution < 1.29 is 13.2 Å². The minimum atomic E-state index is -3.08. The van der Waals surface area contributed by atoms with E-state index < -0.39 is 9.84 Å². The Labute approximate surface area is 125 Å². The Morgan fingerprint density at radius 1 is 1.24 bits per heavy atom. The lowest BCUT2D eigenvalue weighted by Crippen LogP contribution is -2.33. The third-order valence-corrected chi connectivity index (χ3v) is 5.78. The normalized spacial score (nSPS) is 24.7.